The monoisotopic (exact) mass is 408 g/mol. The van der Waals surface area contributed by atoms with Crippen molar-refractivity contribution in [2.75, 3.05) is 25.5 Å². The molecule has 2 N–H and O–H groups in total. The van der Waals surface area contributed by atoms with E-state index in [9.17, 15) is 18.8 Å². The Morgan fingerprint density at radius 2 is 1.87 bits per heavy atom. The number of hydrogen-bond donors (Lipinski definition) is 2. The third-order valence-corrected chi connectivity index (χ3v) is 5.33. The highest BCUT2D eigenvalue weighted by molar-refractivity contribution is 6.04. The Kier molecular flexibility index (Phi) is 4.99. The first-order valence-electron chi connectivity index (χ1n) is 9.52. The Morgan fingerprint density at radius 1 is 1.17 bits per heavy atom. The first-order chi connectivity index (χ1) is 14.3. The van der Waals surface area contributed by atoms with E-state index in [0.29, 0.717) is 11.3 Å². The predicted molar refractivity (Wildman–Crippen MR) is 109 cm³/mol. The lowest BCUT2D eigenvalue weighted by Gasteiger charge is -2.31. The van der Waals surface area contributed by atoms with Gasteiger partial charge in [-0.25, -0.2) is 9.18 Å². The summed E-state index contributed by atoms with van der Waals surface area (Å²) in [6.07, 6.45) is 0. The highest BCUT2D eigenvalue weighted by Crippen LogP contribution is 2.35. The fourth-order valence-corrected chi connectivity index (χ4v) is 3.69. The minimum atomic E-state index is -0.587. The fourth-order valence-electron chi connectivity index (χ4n) is 3.69. The predicted octanol–water partition coefficient (Wildman–Crippen LogP) is 2.57. The van der Waals surface area contributed by atoms with Gasteiger partial charge in [-0.05, 0) is 24.6 Å². The molecule has 1 atom stereocenters. The van der Waals surface area contributed by atoms with Gasteiger partial charge in [-0.1, -0.05) is 42.0 Å². The van der Waals surface area contributed by atoms with Crippen LogP contribution in [-0.4, -0.2) is 47.8 Å². The molecule has 0 spiro atoms. The summed E-state index contributed by atoms with van der Waals surface area (Å²) < 4.78 is 13.8. The van der Waals surface area contributed by atoms with Gasteiger partial charge in [-0.2, -0.15) is 0 Å². The van der Waals surface area contributed by atoms with E-state index < -0.39 is 17.8 Å². The molecule has 154 valence electrons. The molecular formula is C22H21FN4O3. The van der Waals surface area contributed by atoms with Crippen molar-refractivity contribution in [2.24, 2.45) is 0 Å². The molecule has 2 heterocycles. The average Bonchev–Trinajstić information content (AvgIpc) is 3.04. The number of carbonyl (C=O) groups is 3. The van der Waals surface area contributed by atoms with Crippen LogP contribution < -0.4 is 10.6 Å². The largest absolute Gasteiger partial charge is 0.327 e. The Balaban J connectivity index is 1.55. The van der Waals surface area contributed by atoms with Crippen molar-refractivity contribution in [1.29, 1.82) is 0 Å². The van der Waals surface area contributed by atoms with Crippen LogP contribution in [0.15, 0.2) is 59.8 Å². The average molecular weight is 408 g/mol. The van der Waals surface area contributed by atoms with Crippen LogP contribution in [0.5, 0.6) is 0 Å². The van der Waals surface area contributed by atoms with E-state index in [4.69, 9.17) is 0 Å². The van der Waals surface area contributed by atoms with E-state index in [1.165, 1.54) is 28.0 Å². The molecule has 0 saturated heterocycles. The number of anilines is 1. The zero-order valence-corrected chi connectivity index (χ0v) is 16.6. The van der Waals surface area contributed by atoms with Crippen LogP contribution in [0.1, 0.15) is 17.2 Å². The normalized spacial score (nSPS) is 18.4. The van der Waals surface area contributed by atoms with Gasteiger partial charge in [-0.3, -0.25) is 14.5 Å². The number of amides is 4. The fraction of sp³-hybridized carbons (Fsp3) is 0.227. The number of aryl methyl sites for hydroxylation is 1. The SMILES string of the molecule is Cc1ccc(C2NC(=O)N(C)C3=C2C(=O)N(CC(=O)Nc2ccccc2F)C3)cc1. The molecule has 8 heteroatoms. The van der Waals surface area contributed by atoms with Crippen LogP contribution in [0.25, 0.3) is 0 Å². The first-order valence-corrected chi connectivity index (χ1v) is 9.52. The second-order valence-corrected chi connectivity index (χ2v) is 7.40. The topological polar surface area (TPSA) is 81.8 Å². The molecule has 2 aromatic carbocycles. The molecule has 0 saturated carbocycles. The van der Waals surface area contributed by atoms with Crippen LogP contribution in [-0.2, 0) is 9.59 Å². The van der Waals surface area contributed by atoms with E-state index in [0.717, 1.165) is 11.1 Å². The van der Waals surface area contributed by atoms with Crippen molar-refractivity contribution in [1.82, 2.24) is 15.1 Å². The molecule has 4 amide bonds. The van der Waals surface area contributed by atoms with Crippen LogP contribution in [0.3, 0.4) is 0 Å². The summed E-state index contributed by atoms with van der Waals surface area (Å²) in [5.41, 5.74) is 2.92. The van der Waals surface area contributed by atoms with E-state index >= 15 is 0 Å². The molecule has 0 bridgehead atoms. The number of likely N-dealkylation sites (N-methyl/N-ethyl adjacent to an activating group) is 1. The van der Waals surface area contributed by atoms with Crippen molar-refractivity contribution >= 4 is 23.5 Å². The zero-order chi connectivity index (χ0) is 21.4. The van der Waals surface area contributed by atoms with Gasteiger partial charge in [0.1, 0.15) is 12.4 Å². The molecule has 2 aliphatic heterocycles. The molecule has 0 radical (unpaired) electrons. The quantitative estimate of drug-likeness (QED) is 0.816. The number of para-hydroxylation sites is 1. The molecule has 0 aliphatic carbocycles. The summed E-state index contributed by atoms with van der Waals surface area (Å²) in [6.45, 7) is 1.84. The number of nitrogens with one attached hydrogen (secondary N) is 2. The lowest BCUT2D eigenvalue weighted by molar-refractivity contribution is -0.130. The third kappa shape index (κ3) is 3.52. The highest BCUT2D eigenvalue weighted by atomic mass is 19.1. The number of hydrogen-bond acceptors (Lipinski definition) is 3. The number of urea groups is 1. The molecular weight excluding hydrogens is 387 g/mol. The Bertz CT molecular complexity index is 1060. The zero-order valence-electron chi connectivity index (χ0n) is 16.6. The van der Waals surface area contributed by atoms with E-state index in [2.05, 4.69) is 10.6 Å². The standard InChI is InChI=1S/C22H21FN4O3/c1-13-7-9-14(10-8-13)20-19-17(26(2)22(30)25-20)11-27(21(19)29)12-18(28)24-16-6-4-3-5-15(16)23/h3-10,20H,11-12H2,1-2H3,(H,24,28)(H,25,30). The van der Waals surface area contributed by atoms with Gasteiger partial charge in [-0.15, -0.1) is 0 Å². The second kappa shape index (κ2) is 7.62. The number of benzene rings is 2. The van der Waals surface area contributed by atoms with Crippen molar-refractivity contribution in [2.45, 2.75) is 13.0 Å². The van der Waals surface area contributed by atoms with Crippen LogP contribution >= 0.6 is 0 Å². The molecule has 0 fully saturated rings. The van der Waals surface area contributed by atoms with Gasteiger partial charge in [0, 0.05) is 7.05 Å². The molecule has 1 unspecified atom stereocenters. The summed E-state index contributed by atoms with van der Waals surface area (Å²) in [6, 6.07) is 12.5. The number of halogens is 1. The van der Waals surface area contributed by atoms with E-state index in [-0.39, 0.29) is 30.7 Å². The summed E-state index contributed by atoms with van der Waals surface area (Å²) in [7, 11) is 1.59. The Morgan fingerprint density at radius 3 is 2.57 bits per heavy atom. The summed E-state index contributed by atoms with van der Waals surface area (Å²) in [5.74, 6) is -1.39. The lowest BCUT2D eigenvalue weighted by atomic mass is 9.95. The Labute approximate surface area is 173 Å². The number of rotatable bonds is 4. The summed E-state index contributed by atoms with van der Waals surface area (Å²) in [5, 5.41) is 5.34. The maximum atomic E-state index is 13.8. The molecule has 0 aromatic heterocycles. The van der Waals surface area contributed by atoms with Gasteiger partial charge < -0.3 is 15.5 Å². The molecule has 7 nitrogen and oxygen atoms in total. The molecule has 2 aliphatic rings. The molecule has 30 heavy (non-hydrogen) atoms. The van der Waals surface area contributed by atoms with Gasteiger partial charge in [0.25, 0.3) is 5.91 Å². The number of carbonyl (C=O) groups excluding carboxylic acids is 3. The third-order valence-electron chi connectivity index (χ3n) is 5.33. The van der Waals surface area contributed by atoms with Crippen molar-refractivity contribution < 1.29 is 18.8 Å². The molecule has 2 aromatic rings. The summed E-state index contributed by atoms with van der Waals surface area (Å²) >= 11 is 0. The van der Waals surface area contributed by atoms with E-state index in [1.807, 2.05) is 31.2 Å². The van der Waals surface area contributed by atoms with E-state index in [1.54, 1.807) is 13.1 Å². The van der Waals surface area contributed by atoms with Crippen LogP contribution in [0, 0.1) is 12.7 Å². The van der Waals surface area contributed by atoms with Crippen molar-refractivity contribution in [3.05, 3.63) is 76.7 Å². The van der Waals surface area contributed by atoms with Crippen LogP contribution in [0.4, 0.5) is 14.9 Å². The van der Waals surface area contributed by atoms with Crippen LogP contribution in [0.2, 0.25) is 0 Å². The smallest absolute Gasteiger partial charge is 0.322 e. The van der Waals surface area contributed by atoms with Gasteiger partial charge in [0.15, 0.2) is 0 Å². The summed E-state index contributed by atoms with van der Waals surface area (Å²) in [4.78, 5) is 40.7. The van der Waals surface area contributed by atoms with Gasteiger partial charge in [0.2, 0.25) is 5.91 Å². The van der Waals surface area contributed by atoms with Gasteiger partial charge >= 0.3 is 6.03 Å². The highest BCUT2D eigenvalue weighted by Gasteiger charge is 2.43. The Hall–Kier alpha value is -3.68. The molecule has 4 rings (SSSR count). The minimum Gasteiger partial charge on any atom is -0.327 e. The van der Waals surface area contributed by atoms with Crippen molar-refractivity contribution in [3.8, 4) is 0 Å². The van der Waals surface area contributed by atoms with Gasteiger partial charge in [0.05, 0.1) is 29.5 Å². The maximum absolute atomic E-state index is 13.8. The van der Waals surface area contributed by atoms with Crippen molar-refractivity contribution in [3.63, 3.8) is 0 Å². The maximum Gasteiger partial charge on any atom is 0.322 e. The first kappa shape index (κ1) is 19.6. The number of nitrogens with zero attached hydrogens (tertiary/aromatic N) is 2. The second-order valence-electron chi connectivity index (χ2n) is 7.40. The minimum absolute atomic E-state index is 0.0540. The lowest BCUT2D eigenvalue weighted by Crippen LogP contribution is -2.45.